The third kappa shape index (κ3) is 3.97. The predicted octanol–water partition coefficient (Wildman–Crippen LogP) is 2.61. The van der Waals surface area contributed by atoms with E-state index in [4.69, 9.17) is 10.5 Å². The fraction of sp³-hybridized carbons (Fsp3) is 0.714. The Morgan fingerprint density at radius 1 is 1.30 bits per heavy atom. The summed E-state index contributed by atoms with van der Waals surface area (Å²) in [6, 6.07) is 4.11. The van der Waals surface area contributed by atoms with Crippen LogP contribution in [0.25, 0.3) is 0 Å². The van der Waals surface area contributed by atoms with E-state index in [2.05, 4.69) is 21.3 Å². The fourth-order valence-electron chi connectivity index (χ4n) is 4.17. The van der Waals surface area contributed by atoms with Crippen LogP contribution in [0.15, 0.2) is 18.3 Å². The lowest BCUT2D eigenvalue weighted by Crippen LogP contribution is -2.75. The minimum absolute atomic E-state index is 0.0350. The summed E-state index contributed by atoms with van der Waals surface area (Å²) in [5.41, 5.74) is 6.17. The minimum atomic E-state index is -0.883. The molecule has 6 heteroatoms. The van der Waals surface area contributed by atoms with Crippen molar-refractivity contribution in [2.24, 2.45) is 11.1 Å². The van der Waals surface area contributed by atoms with Gasteiger partial charge in [0.05, 0.1) is 6.10 Å². The van der Waals surface area contributed by atoms with Crippen LogP contribution in [0.3, 0.4) is 0 Å². The third-order valence-electron chi connectivity index (χ3n) is 6.43. The zero-order valence-electron chi connectivity index (χ0n) is 17.0. The lowest BCUT2D eigenvalue weighted by Gasteiger charge is -2.57. The third-order valence-corrected chi connectivity index (χ3v) is 6.43. The number of carbonyl (C=O) groups excluding carboxylic acids is 1. The average molecular weight is 375 g/mol. The number of hydrogen-bond acceptors (Lipinski definition) is 5. The van der Waals surface area contributed by atoms with Gasteiger partial charge < -0.3 is 20.7 Å². The molecule has 6 nitrogen and oxygen atoms in total. The van der Waals surface area contributed by atoms with Gasteiger partial charge in [-0.1, -0.05) is 32.8 Å². The highest BCUT2D eigenvalue weighted by atomic mass is 16.5. The first-order chi connectivity index (χ1) is 12.9. The van der Waals surface area contributed by atoms with E-state index in [1.807, 2.05) is 33.0 Å². The molecule has 150 valence electrons. The summed E-state index contributed by atoms with van der Waals surface area (Å²) >= 11 is 0. The number of hydrogen-bond donors (Lipinski definition) is 2. The van der Waals surface area contributed by atoms with E-state index in [0.29, 0.717) is 19.6 Å². The predicted molar refractivity (Wildman–Crippen MR) is 107 cm³/mol. The molecule has 2 aliphatic rings. The van der Waals surface area contributed by atoms with Crippen LogP contribution < -0.4 is 16.0 Å². The molecular weight excluding hydrogens is 340 g/mol. The van der Waals surface area contributed by atoms with Gasteiger partial charge in [0, 0.05) is 44.3 Å². The summed E-state index contributed by atoms with van der Waals surface area (Å²) in [6.45, 7) is 9.22. The van der Waals surface area contributed by atoms with Crippen molar-refractivity contribution in [3.8, 4) is 0 Å². The molecular formula is C21H34N4O2. The molecule has 0 aromatic carbocycles. The van der Waals surface area contributed by atoms with Gasteiger partial charge in [-0.05, 0) is 31.4 Å². The molecule has 0 bridgehead atoms. The summed E-state index contributed by atoms with van der Waals surface area (Å²) in [5, 5.41) is 3.00. The number of anilines is 1. The average Bonchev–Trinajstić information content (AvgIpc) is 2.95. The molecule has 1 saturated carbocycles. The van der Waals surface area contributed by atoms with Crippen molar-refractivity contribution in [2.45, 2.75) is 71.1 Å². The highest BCUT2D eigenvalue weighted by Crippen LogP contribution is 2.49. The number of amides is 1. The summed E-state index contributed by atoms with van der Waals surface area (Å²) in [7, 11) is 0. The number of ether oxygens (including phenoxy) is 1. The summed E-state index contributed by atoms with van der Waals surface area (Å²) < 4.78 is 5.71. The second kappa shape index (κ2) is 8.15. The zero-order chi connectivity index (χ0) is 19.5. The molecule has 27 heavy (non-hydrogen) atoms. The smallest absolute Gasteiger partial charge is 0.241 e. The Labute approximate surface area is 162 Å². The van der Waals surface area contributed by atoms with Crippen LogP contribution in [0, 0.1) is 5.41 Å². The van der Waals surface area contributed by atoms with Gasteiger partial charge in [-0.25, -0.2) is 4.98 Å². The first-order valence-electron chi connectivity index (χ1n) is 10.3. The first-order valence-corrected chi connectivity index (χ1v) is 10.3. The Morgan fingerprint density at radius 2 is 2.00 bits per heavy atom. The molecule has 3 N–H and O–H groups in total. The monoisotopic (exact) mass is 374 g/mol. The van der Waals surface area contributed by atoms with E-state index in [0.717, 1.165) is 24.5 Å². The maximum Gasteiger partial charge on any atom is 0.241 e. The largest absolute Gasteiger partial charge is 0.378 e. The van der Waals surface area contributed by atoms with Gasteiger partial charge in [0.25, 0.3) is 0 Å². The van der Waals surface area contributed by atoms with Crippen LogP contribution >= 0.6 is 0 Å². The number of pyridine rings is 1. The van der Waals surface area contributed by atoms with Gasteiger partial charge in [-0.15, -0.1) is 0 Å². The first kappa shape index (κ1) is 20.1. The highest BCUT2D eigenvalue weighted by molar-refractivity contribution is 5.88. The number of carbonyl (C=O) groups is 1. The van der Waals surface area contributed by atoms with Gasteiger partial charge in [0.2, 0.25) is 5.91 Å². The summed E-state index contributed by atoms with van der Waals surface area (Å²) in [5.74, 6) is 0.919. The van der Waals surface area contributed by atoms with Crippen LogP contribution in [0.5, 0.6) is 0 Å². The van der Waals surface area contributed by atoms with Crippen molar-refractivity contribution in [1.29, 1.82) is 0 Å². The van der Waals surface area contributed by atoms with E-state index in [1.54, 1.807) is 0 Å². The maximum atomic E-state index is 12.7. The van der Waals surface area contributed by atoms with Crippen LogP contribution in [-0.4, -0.2) is 42.2 Å². The molecule has 1 saturated heterocycles. The molecule has 2 fully saturated rings. The van der Waals surface area contributed by atoms with E-state index in [1.165, 1.54) is 25.7 Å². The summed E-state index contributed by atoms with van der Waals surface area (Å²) in [4.78, 5) is 19.7. The normalized spacial score (nSPS) is 27.6. The standard InChI is InChI=1S/C21H34N4O2/c1-4-27-17-13-21(22,20(17,2)3)19(26)24-15-16-9-10-18(23-14-16)25-11-7-5-6-8-12-25/h9-10,14,17H,4-8,11-13,15,22H2,1-3H3,(H,24,26). The molecule has 1 aliphatic carbocycles. The molecule has 1 aliphatic heterocycles. The summed E-state index contributed by atoms with van der Waals surface area (Å²) in [6.07, 6.45) is 7.54. The quantitative estimate of drug-likeness (QED) is 0.800. The molecule has 1 aromatic heterocycles. The molecule has 2 atom stereocenters. The Hall–Kier alpha value is -1.66. The van der Waals surface area contributed by atoms with Gasteiger partial charge in [0.15, 0.2) is 0 Å². The van der Waals surface area contributed by atoms with Gasteiger partial charge >= 0.3 is 0 Å². The topological polar surface area (TPSA) is 80.5 Å². The van der Waals surface area contributed by atoms with Crippen LogP contribution in [0.2, 0.25) is 0 Å². The molecule has 0 spiro atoms. The van der Waals surface area contributed by atoms with Crippen molar-refractivity contribution in [3.05, 3.63) is 23.9 Å². The van der Waals surface area contributed by atoms with Crippen LogP contribution in [-0.2, 0) is 16.1 Å². The molecule has 3 rings (SSSR count). The van der Waals surface area contributed by atoms with Crippen molar-refractivity contribution in [3.63, 3.8) is 0 Å². The SMILES string of the molecule is CCOC1CC(N)(C(=O)NCc2ccc(N3CCCCCC3)nc2)C1(C)C. The van der Waals surface area contributed by atoms with E-state index in [-0.39, 0.29) is 17.4 Å². The Balaban J connectivity index is 1.55. The van der Waals surface area contributed by atoms with E-state index >= 15 is 0 Å². The molecule has 2 unspecified atom stereocenters. The Kier molecular flexibility index (Phi) is 6.06. The molecule has 2 heterocycles. The number of nitrogens with two attached hydrogens (primary N) is 1. The number of nitrogens with one attached hydrogen (secondary N) is 1. The highest BCUT2D eigenvalue weighted by Gasteiger charge is 2.62. The van der Waals surface area contributed by atoms with E-state index < -0.39 is 5.54 Å². The van der Waals surface area contributed by atoms with Crippen molar-refractivity contribution in [1.82, 2.24) is 10.3 Å². The Bertz CT molecular complexity index is 638. The van der Waals surface area contributed by atoms with Gasteiger partial charge in [0.1, 0.15) is 11.4 Å². The van der Waals surface area contributed by atoms with Crippen molar-refractivity contribution >= 4 is 11.7 Å². The molecule has 1 aromatic rings. The zero-order valence-corrected chi connectivity index (χ0v) is 17.0. The van der Waals surface area contributed by atoms with Gasteiger partial charge in [-0.3, -0.25) is 4.79 Å². The fourth-order valence-corrected chi connectivity index (χ4v) is 4.17. The number of rotatable bonds is 6. The van der Waals surface area contributed by atoms with Crippen molar-refractivity contribution < 1.29 is 9.53 Å². The van der Waals surface area contributed by atoms with Crippen LogP contribution in [0.4, 0.5) is 5.82 Å². The Morgan fingerprint density at radius 3 is 2.56 bits per heavy atom. The number of nitrogens with zero attached hydrogens (tertiary/aromatic N) is 2. The lowest BCUT2D eigenvalue weighted by molar-refractivity contribution is -0.170. The minimum Gasteiger partial charge on any atom is -0.378 e. The maximum absolute atomic E-state index is 12.7. The van der Waals surface area contributed by atoms with Gasteiger partial charge in [-0.2, -0.15) is 0 Å². The van der Waals surface area contributed by atoms with Crippen molar-refractivity contribution in [2.75, 3.05) is 24.6 Å². The second-order valence-corrected chi connectivity index (χ2v) is 8.45. The second-order valence-electron chi connectivity index (χ2n) is 8.45. The van der Waals surface area contributed by atoms with Crippen LogP contribution in [0.1, 0.15) is 58.4 Å². The molecule has 0 radical (unpaired) electrons. The molecule has 1 amide bonds. The lowest BCUT2D eigenvalue weighted by atomic mass is 9.54. The van der Waals surface area contributed by atoms with E-state index in [9.17, 15) is 4.79 Å². The number of aromatic nitrogens is 1.